The Morgan fingerprint density at radius 2 is 1.62 bits per heavy atom. The van der Waals surface area contributed by atoms with Crippen LogP contribution in [0.1, 0.15) is 79.6 Å². The van der Waals surface area contributed by atoms with Crippen LogP contribution in [-0.4, -0.2) is 37.9 Å². The summed E-state index contributed by atoms with van der Waals surface area (Å²) in [5.41, 5.74) is -1.43. The van der Waals surface area contributed by atoms with Crippen LogP contribution >= 0.6 is 0 Å². The van der Waals surface area contributed by atoms with Crippen molar-refractivity contribution in [2.75, 3.05) is 20.3 Å². The molecule has 0 aromatic carbocycles. The number of carbonyl (C=O) groups is 2. The van der Waals surface area contributed by atoms with Crippen molar-refractivity contribution in [3.05, 3.63) is 0 Å². The second-order valence-corrected chi connectivity index (χ2v) is 11.0. The Morgan fingerprint density at radius 1 is 0.966 bits per heavy atom. The van der Waals surface area contributed by atoms with Gasteiger partial charge in [0.1, 0.15) is 5.60 Å². The Hall–Kier alpha value is -1.10. The van der Waals surface area contributed by atoms with Crippen LogP contribution in [0.2, 0.25) is 0 Å². The number of esters is 2. The van der Waals surface area contributed by atoms with Gasteiger partial charge in [-0.25, -0.2) is 4.79 Å². The number of ether oxygens (including phenoxy) is 3. The van der Waals surface area contributed by atoms with E-state index in [0.29, 0.717) is 24.9 Å². The van der Waals surface area contributed by atoms with Gasteiger partial charge in [0.2, 0.25) is 0 Å². The van der Waals surface area contributed by atoms with E-state index in [4.69, 9.17) is 14.2 Å². The summed E-state index contributed by atoms with van der Waals surface area (Å²) >= 11 is 0. The first-order chi connectivity index (χ1) is 13.6. The van der Waals surface area contributed by atoms with Gasteiger partial charge >= 0.3 is 11.9 Å². The summed E-state index contributed by atoms with van der Waals surface area (Å²) in [7, 11) is 1.72. The summed E-state index contributed by atoms with van der Waals surface area (Å²) in [4.78, 5) is 25.3. The second-order valence-electron chi connectivity index (χ2n) is 11.0. The molecule has 0 amide bonds. The number of fused-ring (bicyclic) bond motifs is 1. The van der Waals surface area contributed by atoms with Crippen molar-refractivity contribution in [2.24, 2.45) is 34.5 Å². The average molecular weight is 409 g/mol. The number of hydrogen-bond acceptors (Lipinski definition) is 5. The molecule has 5 heteroatoms. The molecule has 0 spiro atoms. The highest BCUT2D eigenvalue weighted by Gasteiger charge is 2.63. The van der Waals surface area contributed by atoms with Gasteiger partial charge < -0.3 is 14.2 Å². The lowest BCUT2D eigenvalue weighted by molar-refractivity contribution is -0.232. The molecule has 4 fully saturated rings. The standard InChI is InChI=1S/C24H40O5/c1-7-22(2,3)21(26)28-14-20(25)29-24(23(4,5)15-27-6)18-9-8-16-10-17(12-18)13-19(24)11-16/h16-19H,7-15H2,1-6H3. The van der Waals surface area contributed by atoms with Crippen LogP contribution in [-0.2, 0) is 23.8 Å². The lowest BCUT2D eigenvalue weighted by atomic mass is 9.52. The monoisotopic (exact) mass is 408 g/mol. The molecular formula is C24H40O5. The molecule has 5 unspecified atom stereocenters. The molecule has 5 atom stereocenters. The normalized spacial score (nSPS) is 34.0. The average Bonchev–Trinajstić information content (AvgIpc) is 2.86. The van der Waals surface area contributed by atoms with Crippen LogP contribution in [0.4, 0.5) is 0 Å². The highest BCUT2D eigenvalue weighted by molar-refractivity contribution is 5.80. The first-order valence-corrected chi connectivity index (χ1v) is 11.4. The van der Waals surface area contributed by atoms with Crippen molar-refractivity contribution in [3.8, 4) is 0 Å². The van der Waals surface area contributed by atoms with Crippen molar-refractivity contribution in [1.82, 2.24) is 0 Å². The van der Waals surface area contributed by atoms with Gasteiger partial charge in [-0.2, -0.15) is 0 Å². The van der Waals surface area contributed by atoms with E-state index in [2.05, 4.69) is 13.8 Å². The fourth-order valence-electron chi connectivity index (χ4n) is 6.59. The van der Waals surface area contributed by atoms with Crippen molar-refractivity contribution in [2.45, 2.75) is 85.2 Å². The van der Waals surface area contributed by atoms with E-state index in [1.54, 1.807) is 7.11 Å². The Bertz CT molecular complexity index is 615. The summed E-state index contributed by atoms with van der Waals surface area (Å²) in [5, 5.41) is 0. The quantitative estimate of drug-likeness (QED) is 0.542. The third kappa shape index (κ3) is 4.08. The van der Waals surface area contributed by atoms with E-state index in [9.17, 15) is 9.59 Å². The molecule has 4 aliphatic rings. The minimum atomic E-state index is -0.590. The topological polar surface area (TPSA) is 61.8 Å². The molecule has 0 N–H and O–H groups in total. The van der Waals surface area contributed by atoms with Gasteiger partial charge in [0, 0.05) is 18.4 Å². The summed E-state index contributed by atoms with van der Waals surface area (Å²) in [6.45, 7) is 10.2. The highest BCUT2D eigenvalue weighted by Crippen LogP contribution is 2.62. The van der Waals surface area contributed by atoms with Crippen LogP contribution in [0.5, 0.6) is 0 Å². The summed E-state index contributed by atoms with van der Waals surface area (Å²) in [6.07, 6.45) is 7.76. The number of hydrogen-bond donors (Lipinski definition) is 0. The van der Waals surface area contributed by atoms with Crippen LogP contribution in [0.15, 0.2) is 0 Å². The molecule has 0 aromatic rings. The third-order valence-electron chi connectivity index (χ3n) is 8.26. The van der Waals surface area contributed by atoms with Crippen LogP contribution in [0.3, 0.4) is 0 Å². The molecule has 4 bridgehead atoms. The molecule has 0 saturated heterocycles. The maximum atomic E-state index is 13.0. The summed E-state index contributed by atoms with van der Waals surface area (Å²) in [6, 6.07) is 0. The van der Waals surface area contributed by atoms with Crippen LogP contribution < -0.4 is 0 Å². The predicted molar refractivity (Wildman–Crippen MR) is 111 cm³/mol. The molecule has 4 aliphatic carbocycles. The minimum absolute atomic E-state index is 0.295. The van der Waals surface area contributed by atoms with Gasteiger partial charge in [0.15, 0.2) is 6.61 Å². The van der Waals surface area contributed by atoms with Crippen LogP contribution in [0, 0.1) is 34.5 Å². The fraction of sp³-hybridized carbons (Fsp3) is 0.917. The molecule has 0 aliphatic heterocycles. The molecule has 166 valence electrons. The van der Waals surface area contributed by atoms with Gasteiger partial charge in [-0.15, -0.1) is 0 Å². The van der Waals surface area contributed by atoms with Crippen LogP contribution in [0.25, 0.3) is 0 Å². The Kier molecular flexibility index (Phi) is 6.39. The Morgan fingerprint density at radius 3 is 2.28 bits per heavy atom. The Balaban J connectivity index is 1.82. The molecule has 0 aromatic heterocycles. The van der Waals surface area contributed by atoms with Crippen molar-refractivity contribution < 1.29 is 23.8 Å². The van der Waals surface area contributed by atoms with Gasteiger partial charge in [-0.3, -0.25) is 4.79 Å². The van der Waals surface area contributed by atoms with Gasteiger partial charge in [-0.1, -0.05) is 27.2 Å². The van der Waals surface area contributed by atoms with Crippen molar-refractivity contribution in [1.29, 1.82) is 0 Å². The summed E-state index contributed by atoms with van der Waals surface area (Å²) < 4.78 is 17.4. The van der Waals surface area contributed by atoms with E-state index < -0.39 is 17.0 Å². The molecule has 4 saturated carbocycles. The maximum Gasteiger partial charge on any atom is 0.344 e. The largest absolute Gasteiger partial charge is 0.455 e. The van der Waals surface area contributed by atoms with E-state index in [0.717, 1.165) is 37.5 Å². The smallest absolute Gasteiger partial charge is 0.344 e. The molecule has 0 heterocycles. The minimum Gasteiger partial charge on any atom is -0.455 e. The zero-order valence-corrected chi connectivity index (χ0v) is 19.2. The highest BCUT2D eigenvalue weighted by atomic mass is 16.6. The van der Waals surface area contributed by atoms with E-state index in [1.807, 2.05) is 20.8 Å². The fourth-order valence-corrected chi connectivity index (χ4v) is 6.59. The summed E-state index contributed by atoms with van der Waals surface area (Å²) in [5.74, 6) is 1.48. The first-order valence-electron chi connectivity index (χ1n) is 11.4. The zero-order chi connectivity index (χ0) is 21.4. The lowest BCUT2D eigenvalue weighted by Gasteiger charge is -2.58. The zero-order valence-electron chi connectivity index (χ0n) is 19.2. The van der Waals surface area contributed by atoms with E-state index in [1.165, 1.54) is 12.8 Å². The number of carbonyl (C=O) groups excluding carboxylic acids is 2. The number of rotatable bonds is 8. The predicted octanol–water partition coefficient (Wildman–Crippen LogP) is 4.77. The third-order valence-corrected chi connectivity index (χ3v) is 8.26. The Labute approximate surface area is 176 Å². The SMILES string of the molecule is CCC(C)(C)C(=O)OCC(=O)OC1(C(C)(C)COC)C2CCC3CC(C2)CC1C3. The van der Waals surface area contributed by atoms with Gasteiger partial charge in [0.05, 0.1) is 12.0 Å². The van der Waals surface area contributed by atoms with Gasteiger partial charge in [-0.05, 0) is 70.1 Å². The van der Waals surface area contributed by atoms with E-state index in [-0.39, 0.29) is 18.0 Å². The molecule has 29 heavy (non-hydrogen) atoms. The maximum absolute atomic E-state index is 13.0. The molecule has 5 nitrogen and oxygen atoms in total. The van der Waals surface area contributed by atoms with Gasteiger partial charge in [0.25, 0.3) is 0 Å². The first kappa shape index (κ1) is 22.6. The van der Waals surface area contributed by atoms with Crippen molar-refractivity contribution in [3.63, 3.8) is 0 Å². The van der Waals surface area contributed by atoms with E-state index >= 15 is 0 Å². The van der Waals surface area contributed by atoms with Crippen molar-refractivity contribution >= 4 is 11.9 Å². The molecular weight excluding hydrogens is 368 g/mol. The second kappa shape index (κ2) is 8.20. The lowest BCUT2D eigenvalue weighted by Crippen LogP contribution is -2.63. The molecule has 0 radical (unpaired) electrons. The molecule has 4 rings (SSSR count). The number of methoxy groups -OCH3 is 1.